The van der Waals surface area contributed by atoms with Crippen molar-refractivity contribution in [2.24, 2.45) is 0 Å². The second-order valence-electron chi connectivity index (χ2n) is 2.88. The quantitative estimate of drug-likeness (QED) is 0.541. The lowest BCUT2D eigenvalue weighted by Crippen LogP contribution is -2.13. The first-order valence-corrected chi connectivity index (χ1v) is 4.39. The van der Waals surface area contributed by atoms with Crippen LogP contribution in [0.4, 0.5) is 4.39 Å². The van der Waals surface area contributed by atoms with E-state index in [1.165, 1.54) is 6.07 Å². The van der Waals surface area contributed by atoms with E-state index in [9.17, 15) is 4.39 Å². The summed E-state index contributed by atoms with van der Waals surface area (Å²) in [7, 11) is 0. The van der Waals surface area contributed by atoms with Crippen molar-refractivity contribution in [1.29, 1.82) is 0 Å². The summed E-state index contributed by atoms with van der Waals surface area (Å²) in [5.74, 6) is -0.178. The minimum atomic E-state index is -0.178. The van der Waals surface area contributed by atoms with Gasteiger partial charge in [0.25, 0.3) is 0 Å². The van der Waals surface area contributed by atoms with Gasteiger partial charge in [-0.05, 0) is 30.7 Å². The van der Waals surface area contributed by atoms with Crippen LogP contribution in [0.5, 0.6) is 0 Å². The molecule has 0 bridgehead atoms. The SMILES string of the molecule is C=CCCNCc1cccc(F)c1. The number of hydrogen-bond acceptors (Lipinski definition) is 1. The summed E-state index contributed by atoms with van der Waals surface area (Å²) in [5, 5.41) is 3.19. The Morgan fingerprint density at radius 2 is 2.31 bits per heavy atom. The van der Waals surface area contributed by atoms with Gasteiger partial charge in [0.1, 0.15) is 5.82 Å². The minimum Gasteiger partial charge on any atom is -0.312 e. The fourth-order valence-electron chi connectivity index (χ4n) is 1.08. The molecule has 1 rings (SSSR count). The van der Waals surface area contributed by atoms with Gasteiger partial charge in [-0.25, -0.2) is 4.39 Å². The molecule has 2 heteroatoms. The Bertz CT molecular complexity index is 271. The van der Waals surface area contributed by atoms with Gasteiger partial charge in [0, 0.05) is 6.54 Å². The maximum Gasteiger partial charge on any atom is 0.123 e. The standard InChI is InChI=1S/C11H14FN/c1-2-3-7-13-9-10-5-4-6-11(12)8-10/h2,4-6,8,13H,1,3,7,9H2. The summed E-state index contributed by atoms with van der Waals surface area (Å²) >= 11 is 0. The minimum absolute atomic E-state index is 0.178. The highest BCUT2D eigenvalue weighted by Crippen LogP contribution is 2.02. The highest BCUT2D eigenvalue weighted by molar-refractivity contribution is 5.15. The third kappa shape index (κ3) is 3.85. The molecule has 0 unspecified atom stereocenters. The van der Waals surface area contributed by atoms with Crippen LogP contribution in [0.25, 0.3) is 0 Å². The van der Waals surface area contributed by atoms with Crippen LogP contribution in [0.1, 0.15) is 12.0 Å². The van der Waals surface area contributed by atoms with Gasteiger partial charge in [0.15, 0.2) is 0 Å². The predicted molar refractivity (Wildman–Crippen MR) is 52.9 cm³/mol. The number of halogens is 1. The van der Waals surface area contributed by atoms with Gasteiger partial charge in [-0.1, -0.05) is 18.2 Å². The monoisotopic (exact) mass is 179 g/mol. The molecule has 0 aliphatic heterocycles. The van der Waals surface area contributed by atoms with E-state index in [1.54, 1.807) is 12.1 Å². The Hall–Kier alpha value is -1.15. The highest BCUT2D eigenvalue weighted by atomic mass is 19.1. The Kier molecular flexibility index (Phi) is 4.19. The lowest BCUT2D eigenvalue weighted by molar-refractivity contribution is 0.620. The predicted octanol–water partition coefficient (Wildman–Crippen LogP) is 2.49. The Morgan fingerprint density at radius 1 is 1.46 bits per heavy atom. The summed E-state index contributed by atoms with van der Waals surface area (Å²) in [4.78, 5) is 0. The van der Waals surface area contributed by atoms with Crippen molar-refractivity contribution >= 4 is 0 Å². The Balaban J connectivity index is 2.32. The normalized spacial score (nSPS) is 9.92. The summed E-state index contributed by atoms with van der Waals surface area (Å²) in [6.45, 7) is 5.22. The van der Waals surface area contributed by atoms with Gasteiger partial charge in [-0.3, -0.25) is 0 Å². The first kappa shape index (κ1) is 9.93. The molecule has 0 amide bonds. The molecule has 13 heavy (non-hydrogen) atoms. The summed E-state index contributed by atoms with van der Waals surface area (Å²) in [6, 6.07) is 6.62. The van der Waals surface area contributed by atoms with E-state index in [2.05, 4.69) is 11.9 Å². The lowest BCUT2D eigenvalue weighted by atomic mass is 10.2. The molecule has 1 nitrogen and oxygen atoms in total. The maximum atomic E-state index is 12.7. The third-order valence-electron chi connectivity index (χ3n) is 1.74. The molecule has 0 saturated heterocycles. The fraction of sp³-hybridized carbons (Fsp3) is 0.273. The number of nitrogens with one attached hydrogen (secondary N) is 1. The largest absolute Gasteiger partial charge is 0.312 e. The molecular formula is C11H14FN. The van der Waals surface area contributed by atoms with Crippen molar-refractivity contribution < 1.29 is 4.39 Å². The smallest absolute Gasteiger partial charge is 0.123 e. The molecule has 1 aromatic rings. The van der Waals surface area contributed by atoms with Crippen molar-refractivity contribution in [3.05, 3.63) is 48.3 Å². The highest BCUT2D eigenvalue weighted by Gasteiger charge is 1.93. The summed E-state index contributed by atoms with van der Waals surface area (Å²) < 4.78 is 12.7. The molecule has 0 heterocycles. The molecular weight excluding hydrogens is 165 g/mol. The molecule has 0 fully saturated rings. The maximum absolute atomic E-state index is 12.7. The molecule has 70 valence electrons. The zero-order valence-electron chi connectivity index (χ0n) is 7.59. The average Bonchev–Trinajstić information content (AvgIpc) is 2.13. The van der Waals surface area contributed by atoms with Gasteiger partial charge in [-0.15, -0.1) is 6.58 Å². The van der Waals surface area contributed by atoms with Gasteiger partial charge in [0.05, 0.1) is 0 Å². The molecule has 0 atom stereocenters. The first-order valence-electron chi connectivity index (χ1n) is 4.39. The van der Waals surface area contributed by atoms with Crippen LogP contribution >= 0.6 is 0 Å². The Morgan fingerprint density at radius 3 is 3.00 bits per heavy atom. The van der Waals surface area contributed by atoms with Crippen molar-refractivity contribution in [3.63, 3.8) is 0 Å². The van der Waals surface area contributed by atoms with Crippen molar-refractivity contribution in [3.8, 4) is 0 Å². The average molecular weight is 179 g/mol. The lowest BCUT2D eigenvalue weighted by Gasteiger charge is -2.02. The number of hydrogen-bond donors (Lipinski definition) is 1. The van der Waals surface area contributed by atoms with E-state index < -0.39 is 0 Å². The van der Waals surface area contributed by atoms with E-state index in [1.807, 2.05) is 12.1 Å². The molecule has 0 aromatic heterocycles. The first-order chi connectivity index (χ1) is 6.33. The summed E-state index contributed by atoms with van der Waals surface area (Å²) in [5.41, 5.74) is 0.976. The fourth-order valence-corrected chi connectivity index (χ4v) is 1.08. The second-order valence-corrected chi connectivity index (χ2v) is 2.88. The molecule has 1 N–H and O–H groups in total. The van der Waals surface area contributed by atoms with Crippen LogP contribution in [0.15, 0.2) is 36.9 Å². The topological polar surface area (TPSA) is 12.0 Å². The van der Waals surface area contributed by atoms with Gasteiger partial charge < -0.3 is 5.32 Å². The van der Waals surface area contributed by atoms with Crippen LogP contribution in [0.3, 0.4) is 0 Å². The number of benzene rings is 1. The summed E-state index contributed by atoms with van der Waals surface area (Å²) in [6.07, 6.45) is 2.80. The van der Waals surface area contributed by atoms with Gasteiger partial charge in [-0.2, -0.15) is 0 Å². The van der Waals surface area contributed by atoms with Gasteiger partial charge in [0.2, 0.25) is 0 Å². The third-order valence-corrected chi connectivity index (χ3v) is 1.74. The second kappa shape index (κ2) is 5.49. The van der Waals surface area contributed by atoms with Crippen LogP contribution in [-0.2, 0) is 6.54 Å². The molecule has 0 radical (unpaired) electrons. The van der Waals surface area contributed by atoms with Crippen molar-refractivity contribution in [2.75, 3.05) is 6.54 Å². The van der Waals surface area contributed by atoms with Crippen LogP contribution in [-0.4, -0.2) is 6.54 Å². The zero-order valence-corrected chi connectivity index (χ0v) is 7.59. The van der Waals surface area contributed by atoms with E-state index in [4.69, 9.17) is 0 Å². The van der Waals surface area contributed by atoms with Crippen molar-refractivity contribution in [2.45, 2.75) is 13.0 Å². The van der Waals surface area contributed by atoms with E-state index in [0.717, 1.165) is 18.5 Å². The van der Waals surface area contributed by atoms with Crippen molar-refractivity contribution in [1.82, 2.24) is 5.32 Å². The molecule has 0 aliphatic rings. The van der Waals surface area contributed by atoms with Crippen LogP contribution in [0.2, 0.25) is 0 Å². The van der Waals surface area contributed by atoms with Crippen LogP contribution < -0.4 is 5.32 Å². The van der Waals surface area contributed by atoms with Crippen LogP contribution in [0, 0.1) is 5.82 Å². The molecule has 0 aliphatic carbocycles. The van der Waals surface area contributed by atoms with E-state index in [0.29, 0.717) is 6.54 Å². The molecule has 0 spiro atoms. The molecule has 1 aromatic carbocycles. The van der Waals surface area contributed by atoms with E-state index >= 15 is 0 Å². The zero-order chi connectivity index (χ0) is 9.52. The molecule has 0 saturated carbocycles. The van der Waals surface area contributed by atoms with Gasteiger partial charge >= 0.3 is 0 Å². The van der Waals surface area contributed by atoms with E-state index in [-0.39, 0.29) is 5.82 Å². The number of rotatable bonds is 5. The Labute approximate surface area is 78.3 Å².